The average molecular weight is 435 g/mol. The molecule has 0 aliphatic carbocycles. The van der Waals surface area contributed by atoms with E-state index >= 15 is 0 Å². The van der Waals surface area contributed by atoms with Crippen LogP contribution in [0.3, 0.4) is 0 Å². The van der Waals surface area contributed by atoms with Gasteiger partial charge in [-0.2, -0.15) is 0 Å². The molecule has 31 heavy (non-hydrogen) atoms. The van der Waals surface area contributed by atoms with E-state index in [-0.39, 0.29) is 18.7 Å². The fraction of sp³-hybridized carbons (Fsp3) is 0.500. The van der Waals surface area contributed by atoms with Crippen molar-refractivity contribution in [2.45, 2.75) is 50.4 Å². The van der Waals surface area contributed by atoms with Crippen LogP contribution in [0, 0.1) is 0 Å². The summed E-state index contributed by atoms with van der Waals surface area (Å²) >= 11 is 0. The van der Waals surface area contributed by atoms with Gasteiger partial charge in [0.05, 0.1) is 12.6 Å². The summed E-state index contributed by atoms with van der Waals surface area (Å²) in [4.78, 5) is 50.7. The van der Waals surface area contributed by atoms with Crippen molar-refractivity contribution in [3.63, 3.8) is 0 Å². The van der Waals surface area contributed by atoms with E-state index < -0.39 is 54.4 Å². The number of carbonyl (C=O) groups is 4. The summed E-state index contributed by atoms with van der Waals surface area (Å²) in [7, 11) is 0. The number of phenols is 1. The molecular formula is C20H29N5O6. The second-order valence-corrected chi connectivity index (χ2v) is 7.56. The van der Waals surface area contributed by atoms with Gasteiger partial charge in [-0.05, 0) is 37.5 Å². The van der Waals surface area contributed by atoms with Crippen LogP contribution in [-0.4, -0.2) is 76.1 Å². The van der Waals surface area contributed by atoms with Gasteiger partial charge in [-0.15, -0.1) is 0 Å². The number of carbonyl (C=O) groups excluding carboxylic acids is 4. The highest BCUT2D eigenvalue weighted by Crippen LogP contribution is 2.20. The number of phenolic OH excluding ortho intramolecular Hbond substituents is 1. The Bertz CT molecular complexity index is 813. The third-order valence-electron chi connectivity index (χ3n) is 5.09. The zero-order valence-corrected chi connectivity index (χ0v) is 17.3. The van der Waals surface area contributed by atoms with Crippen molar-refractivity contribution in [2.75, 3.05) is 13.2 Å². The molecule has 1 aromatic carbocycles. The molecule has 0 bridgehead atoms. The van der Waals surface area contributed by atoms with Gasteiger partial charge in [0.1, 0.15) is 23.9 Å². The molecule has 1 saturated heterocycles. The lowest BCUT2D eigenvalue weighted by Gasteiger charge is -2.29. The van der Waals surface area contributed by atoms with Gasteiger partial charge in [-0.1, -0.05) is 12.1 Å². The maximum atomic E-state index is 13.3. The monoisotopic (exact) mass is 435 g/mol. The van der Waals surface area contributed by atoms with E-state index in [1.165, 1.54) is 24.0 Å². The van der Waals surface area contributed by atoms with Crippen molar-refractivity contribution in [3.05, 3.63) is 29.8 Å². The minimum absolute atomic E-state index is 0.0652. The molecule has 8 N–H and O–H groups in total. The van der Waals surface area contributed by atoms with Crippen LogP contribution >= 0.6 is 0 Å². The van der Waals surface area contributed by atoms with Crippen LogP contribution in [0.2, 0.25) is 0 Å². The number of hydrogen-bond acceptors (Lipinski definition) is 7. The number of aromatic hydroxyl groups is 1. The number of amides is 4. The zero-order chi connectivity index (χ0) is 23.1. The maximum absolute atomic E-state index is 13.3. The van der Waals surface area contributed by atoms with E-state index in [4.69, 9.17) is 11.5 Å². The van der Waals surface area contributed by atoms with E-state index in [0.29, 0.717) is 18.4 Å². The standard InChI is InChI=1S/C20H29N5O6/c1-11(21)18(29)23-14(9-12-4-6-13(27)7-5-12)20(31)25-8-2-3-16(25)19(30)24-15(10-26)17(22)28/h4-7,11,14-16,26-27H,2-3,8-10,21H2,1H3,(H2,22,28)(H,23,29)(H,24,30)/t11-,14-,15-,16+/m0/s1. The summed E-state index contributed by atoms with van der Waals surface area (Å²) < 4.78 is 0. The smallest absolute Gasteiger partial charge is 0.246 e. The van der Waals surface area contributed by atoms with Crippen molar-refractivity contribution in [1.82, 2.24) is 15.5 Å². The predicted octanol–water partition coefficient (Wildman–Crippen LogP) is -2.28. The van der Waals surface area contributed by atoms with Crippen LogP contribution in [0.4, 0.5) is 0 Å². The van der Waals surface area contributed by atoms with Gasteiger partial charge in [-0.3, -0.25) is 19.2 Å². The molecule has 1 heterocycles. The van der Waals surface area contributed by atoms with E-state index in [9.17, 15) is 29.4 Å². The molecule has 1 fully saturated rings. The highest BCUT2D eigenvalue weighted by atomic mass is 16.3. The van der Waals surface area contributed by atoms with Crippen molar-refractivity contribution in [3.8, 4) is 5.75 Å². The topological polar surface area (TPSA) is 188 Å². The molecule has 1 aliphatic heterocycles. The first-order valence-corrected chi connectivity index (χ1v) is 9.99. The second kappa shape index (κ2) is 10.7. The van der Waals surface area contributed by atoms with Gasteiger partial charge in [0.25, 0.3) is 0 Å². The van der Waals surface area contributed by atoms with Crippen molar-refractivity contribution in [2.24, 2.45) is 11.5 Å². The molecule has 170 valence electrons. The molecule has 4 atom stereocenters. The number of aliphatic hydroxyl groups excluding tert-OH is 1. The van der Waals surface area contributed by atoms with Gasteiger partial charge in [0.2, 0.25) is 23.6 Å². The molecule has 11 heteroatoms. The van der Waals surface area contributed by atoms with Gasteiger partial charge in [0.15, 0.2) is 0 Å². The molecule has 0 radical (unpaired) electrons. The number of nitrogens with one attached hydrogen (secondary N) is 2. The third kappa shape index (κ3) is 6.40. The molecule has 4 amide bonds. The van der Waals surface area contributed by atoms with Crippen molar-refractivity contribution < 1.29 is 29.4 Å². The van der Waals surface area contributed by atoms with Crippen LogP contribution in [0.25, 0.3) is 0 Å². The Kier molecular flexibility index (Phi) is 8.34. The van der Waals surface area contributed by atoms with Crippen LogP contribution in [0.5, 0.6) is 5.75 Å². The first-order chi connectivity index (χ1) is 14.6. The highest BCUT2D eigenvalue weighted by Gasteiger charge is 2.38. The number of benzene rings is 1. The summed E-state index contributed by atoms with van der Waals surface area (Å²) in [6.45, 7) is 1.12. The molecule has 0 spiro atoms. The molecule has 1 aliphatic rings. The minimum Gasteiger partial charge on any atom is -0.508 e. The largest absolute Gasteiger partial charge is 0.508 e. The number of hydrogen-bond donors (Lipinski definition) is 6. The Morgan fingerprint density at radius 2 is 1.81 bits per heavy atom. The summed E-state index contributed by atoms with van der Waals surface area (Å²) in [5.74, 6) is -2.42. The van der Waals surface area contributed by atoms with Gasteiger partial charge in [-0.25, -0.2) is 0 Å². The minimum atomic E-state index is -1.25. The van der Waals surface area contributed by atoms with E-state index in [2.05, 4.69) is 10.6 Å². The summed E-state index contributed by atoms with van der Waals surface area (Å²) in [6.07, 6.45) is 1.04. The van der Waals surface area contributed by atoms with Crippen LogP contribution < -0.4 is 22.1 Å². The Labute approximate surface area is 179 Å². The quantitative estimate of drug-likeness (QED) is 0.252. The van der Waals surface area contributed by atoms with Gasteiger partial charge in [0, 0.05) is 13.0 Å². The lowest BCUT2D eigenvalue weighted by molar-refractivity contribution is -0.142. The third-order valence-corrected chi connectivity index (χ3v) is 5.09. The molecule has 0 unspecified atom stereocenters. The van der Waals surface area contributed by atoms with E-state index in [0.717, 1.165) is 0 Å². The molecule has 0 saturated carbocycles. The number of nitrogens with two attached hydrogens (primary N) is 2. The first kappa shape index (κ1) is 24.1. The first-order valence-electron chi connectivity index (χ1n) is 9.99. The SMILES string of the molecule is C[C@H](N)C(=O)N[C@@H](Cc1ccc(O)cc1)C(=O)N1CCC[C@@H]1C(=O)N[C@@H](CO)C(N)=O. The number of likely N-dealkylation sites (tertiary alicyclic amines) is 1. The van der Waals surface area contributed by atoms with Crippen molar-refractivity contribution in [1.29, 1.82) is 0 Å². The predicted molar refractivity (Wildman–Crippen MR) is 110 cm³/mol. The van der Waals surface area contributed by atoms with Crippen LogP contribution in [-0.2, 0) is 25.6 Å². The highest BCUT2D eigenvalue weighted by molar-refractivity contribution is 5.95. The number of rotatable bonds is 9. The fourth-order valence-electron chi connectivity index (χ4n) is 3.35. The number of primary amides is 1. The molecule has 0 aromatic heterocycles. The number of nitrogens with zero attached hydrogens (tertiary/aromatic N) is 1. The Balaban J connectivity index is 2.20. The van der Waals surface area contributed by atoms with Crippen LogP contribution in [0.1, 0.15) is 25.3 Å². The van der Waals surface area contributed by atoms with Crippen LogP contribution in [0.15, 0.2) is 24.3 Å². The number of aliphatic hydroxyl groups is 1. The lowest BCUT2D eigenvalue weighted by Crippen LogP contribution is -2.57. The van der Waals surface area contributed by atoms with Gasteiger partial charge < -0.3 is 37.2 Å². The normalized spacial score (nSPS) is 18.7. The van der Waals surface area contributed by atoms with Gasteiger partial charge >= 0.3 is 0 Å². The van der Waals surface area contributed by atoms with Crippen molar-refractivity contribution >= 4 is 23.6 Å². The lowest BCUT2D eigenvalue weighted by atomic mass is 10.0. The maximum Gasteiger partial charge on any atom is 0.246 e. The molecule has 1 aromatic rings. The second-order valence-electron chi connectivity index (χ2n) is 7.56. The molecule has 11 nitrogen and oxygen atoms in total. The Morgan fingerprint density at radius 3 is 2.35 bits per heavy atom. The summed E-state index contributed by atoms with van der Waals surface area (Å²) in [5, 5.41) is 23.7. The average Bonchev–Trinajstić information content (AvgIpc) is 3.22. The zero-order valence-electron chi connectivity index (χ0n) is 17.3. The van der Waals surface area contributed by atoms with E-state index in [1.54, 1.807) is 12.1 Å². The summed E-state index contributed by atoms with van der Waals surface area (Å²) in [6, 6.07) is 2.24. The fourth-order valence-corrected chi connectivity index (χ4v) is 3.35. The Hall–Kier alpha value is -3.18. The summed E-state index contributed by atoms with van der Waals surface area (Å²) in [5.41, 5.74) is 11.5. The Morgan fingerprint density at radius 1 is 1.16 bits per heavy atom. The molecular weight excluding hydrogens is 406 g/mol. The molecule has 2 rings (SSSR count). The van der Waals surface area contributed by atoms with E-state index in [1.807, 2.05) is 0 Å².